The lowest BCUT2D eigenvalue weighted by molar-refractivity contribution is -0.152. The zero-order chi connectivity index (χ0) is 22.5. The van der Waals surface area contributed by atoms with Crippen molar-refractivity contribution in [1.82, 2.24) is 0 Å². The lowest BCUT2D eigenvalue weighted by Gasteiger charge is -2.15. The molecule has 1 atom stereocenters. The second kappa shape index (κ2) is 9.69. The molecule has 164 valence electrons. The molecule has 1 heterocycles. The number of ether oxygens (including phenoxy) is 3. The summed E-state index contributed by atoms with van der Waals surface area (Å²) >= 11 is 0. The van der Waals surface area contributed by atoms with Crippen molar-refractivity contribution in [3.8, 4) is 17.2 Å². The smallest absolute Gasteiger partial charge is 0.347 e. The maximum Gasteiger partial charge on any atom is 0.347 e. The maximum absolute atomic E-state index is 12.9. The van der Waals surface area contributed by atoms with Crippen LogP contribution in [0.5, 0.6) is 17.2 Å². The van der Waals surface area contributed by atoms with E-state index in [-0.39, 0.29) is 23.0 Å². The van der Waals surface area contributed by atoms with Gasteiger partial charge in [-0.2, -0.15) is 0 Å². The number of esters is 1. The molecule has 0 aliphatic rings. The summed E-state index contributed by atoms with van der Waals surface area (Å²) in [4.78, 5) is 24.9. The summed E-state index contributed by atoms with van der Waals surface area (Å²) in [6, 6.07) is 12.4. The second-order valence-corrected chi connectivity index (χ2v) is 8.17. The van der Waals surface area contributed by atoms with Gasteiger partial charge in [-0.25, -0.2) is 4.79 Å². The zero-order valence-corrected chi connectivity index (χ0v) is 18.5. The Morgan fingerprint density at radius 3 is 2.45 bits per heavy atom. The quantitative estimate of drug-likeness (QED) is 0.433. The molecule has 6 heteroatoms. The first-order valence-electron chi connectivity index (χ1n) is 10.4. The largest absolute Gasteiger partial charge is 0.479 e. The highest BCUT2D eigenvalue weighted by Crippen LogP contribution is 2.30. The fourth-order valence-electron chi connectivity index (χ4n) is 3.02. The van der Waals surface area contributed by atoms with Crippen molar-refractivity contribution in [2.75, 3.05) is 6.61 Å². The molecule has 0 radical (unpaired) electrons. The van der Waals surface area contributed by atoms with Crippen LogP contribution in [0.4, 0.5) is 0 Å². The Kier molecular flexibility index (Phi) is 7.00. The van der Waals surface area contributed by atoms with Crippen LogP contribution in [0, 0.1) is 5.92 Å². The summed E-state index contributed by atoms with van der Waals surface area (Å²) in [5.74, 6) is 1.19. The van der Waals surface area contributed by atoms with Gasteiger partial charge in [0.15, 0.2) is 6.10 Å². The molecule has 0 aliphatic heterocycles. The first-order valence-corrected chi connectivity index (χ1v) is 10.4. The highest BCUT2D eigenvalue weighted by Gasteiger charge is 2.18. The maximum atomic E-state index is 12.9. The lowest BCUT2D eigenvalue weighted by Crippen LogP contribution is -2.27. The topological polar surface area (TPSA) is 75.0 Å². The number of fused-ring (bicyclic) bond motifs is 1. The molecule has 0 bridgehead atoms. The number of rotatable bonds is 8. The summed E-state index contributed by atoms with van der Waals surface area (Å²) in [7, 11) is 0. The molecule has 0 N–H and O–H groups in total. The van der Waals surface area contributed by atoms with E-state index in [2.05, 4.69) is 13.8 Å². The first kappa shape index (κ1) is 22.4. The minimum absolute atomic E-state index is 0.111. The molecule has 3 rings (SSSR count). The lowest BCUT2D eigenvalue weighted by atomic mass is 10.0. The number of carbonyl (C=O) groups is 1. The average molecular weight is 424 g/mol. The fraction of sp³-hybridized carbons (Fsp3) is 0.360. The van der Waals surface area contributed by atoms with Gasteiger partial charge >= 0.3 is 5.97 Å². The van der Waals surface area contributed by atoms with Crippen molar-refractivity contribution in [1.29, 1.82) is 0 Å². The minimum Gasteiger partial charge on any atom is -0.479 e. The monoisotopic (exact) mass is 424 g/mol. The molecule has 0 aliphatic carbocycles. The molecular weight excluding hydrogens is 396 g/mol. The van der Waals surface area contributed by atoms with Gasteiger partial charge in [-0.1, -0.05) is 45.9 Å². The van der Waals surface area contributed by atoms with Crippen LogP contribution in [-0.2, 0) is 9.53 Å². The molecule has 0 spiro atoms. The van der Waals surface area contributed by atoms with Crippen molar-refractivity contribution >= 4 is 16.9 Å². The molecule has 0 saturated carbocycles. The van der Waals surface area contributed by atoms with Crippen LogP contribution >= 0.6 is 0 Å². The van der Waals surface area contributed by atoms with Gasteiger partial charge in [0.2, 0.25) is 11.2 Å². The van der Waals surface area contributed by atoms with Crippen LogP contribution in [-0.4, -0.2) is 18.7 Å². The molecule has 0 amide bonds. The molecule has 0 fully saturated rings. The van der Waals surface area contributed by atoms with Gasteiger partial charge in [0.25, 0.3) is 0 Å². The second-order valence-electron chi connectivity index (χ2n) is 8.17. The molecular formula is C25H28O6. The Labute approximate surface area is 181 Å². The van der Waals surface area contributed by atoms with E-state index in [4.69, 9.17) is 18.6 Å². The van der Waals surface area contributed by atoms with Crippen LogP contribution in [0.15, 0.2) is 57.9 Å². The van der Waals surface area contributed by atoms with Gasteiger partial charge in [-0.3, -0.25) is 4.79 Å². The van der Waals surface area contributed by atoms with Crippen molar-refractivity contribution < 1.29 is 23.4 Å². The third-order valence-electron chi connectivity index (χ3n) is 4.68. The highest BCUT2D eigenvalue weighted by atomic mass is 16.6. The van der Waals surface area contributed by atoms with Crippen molar-refractivity contribution in [2.24, 2.45) is 5.92 Å². The van der Waals surface area contributed by atoms with Gasteiger partial charge < -0.3 is 18.6 Å². The van der Waals surface area contributed by atoms with Crippen LogP contribution in [0.25, 0.3) is 11.0 Å². The van der Waals surface area contributed by atoms with E-state index in [9.17, 15) is 9.59 Å². The van der Waals surface area contributed by atoms with Gasteiger partial charge in [-0.05, 0) is 42.5 Å². The van der Waals surface area contributed by atoms with Crippen molar-refractivity contribution in [3.63, 3.8) is 0 Å². The van der Waals surface area contributed by atoms with Gasteiger partial charge in [0.05, 0.1) is 12.0 Å². The number of para-hydroxylation sites is 1. The Morgan fingerprint density at radius 1 is 1.00 bits per heavy atom. The fourth-order valence-corrected chi connectivity index (χ4v) is 3.02. The minimum atomic E-state index is -0.780. The van der Waals surface area contributed by atoms with Crippen molar-refractivity contribution in [2.45, 2.75) is 46.6 Å². The van der Waals surface area contributed by atoms with Gasteiger partial charge in [0, 0.05) is 6.07 Å². The van der Waals surface area contributed by atoms with Gasteiger partial charge in [0.1, 0.15) is 23.3 Å². The van der Waals surface area contributed by atoms with E-state index in [0.29, 0.717) is 29.1 Å². The van der Waals surface area contributed by atoms with Crippen LogP contribution in [0.1, 0.15) is 46.1 Å². The van der Waals surface area contributed by atoms with E-state index in [1.54, 1.807) is 25.1 Å². The summed E-state index contributed by atoms with van der Waals surface area (Å²) in [5, 5.41) is 0.363. The number of benzene rings is 2. The Hall–Kier alpha value is -3.28. The van der Waals surface area contributed by atoms with Crippen LogP contribution < -0.4 is 14.9 Å². The van der Waals surface area contributed by atoms with E-state index in [0.717, 1.165) is 5.56 Å². The third kappa shape index (κ3) is 5.45. The van der Waals surface area contributed by atoms with E-state index in [1.807, 2.05) is 38.1 Å². The number of hydrogen-bond acceptors (Lipinski definition) is 6. The molecule has 3 aromatic rings. The van der Waals surface area contributed by atoms with Crippen LogP contribution in [0.2, 0.25) is 0 Å². The normalized spacial score (nSPS) is 12.2. The average Bonchev–Trinajstić information content (AvgIpc) is 2.74. The molecule has 6 nitrogen and oxygen atoms in total. The predicted octanol–water partition coefficient (Wildman–Crippen LogP) is 5.68. The number of carbonyl (C=O) groups excluding carboxylic acids is 1. The molecule has 31 heavy (non-hydrogen) atoms. The Bertz CT molecular complexity index is 1110. The molecule has 2 aromatic carbocycles. The highest BCUT2D eigenvalue weighted by molar-refractivity contribution is 5.79. The van der Waals surface area contributed by atoms with E-state index in [1.165, 1.54) is 6.26 Å². The SMILES string of the molecule is CC(C)COC(=O)[C@H](C)Oc1ccc2c(=O)c(Oc3ccccc3C(C)C)coc2c1. The van der Waals surface area contributed by atoms with Crippen LogP contribution in [0.3, 0.4) is 0 Å². The van der Waals surface area contributed by atoms with Gasteiger partial charge in [-0.15, -0.1) is 0 Å². The zero-order valence-electron chi connectivity index (χ0n) is 18.5. The Balaban J connectivity index is 1.80. The summed E-state index contributed by atoms with van der Waals surface area (Å²) in [6.07, 6.45) is 0.518. The van der Waals surface area contributed by atoms with Crippen molar-refractivity contribution in [3.05, 3.63) is 64.5 Å². The third-order valence-corrected chi connectivity index (χ3v) is 4.68. The molecule has 0 saturated heterocycles. The summed E-state index contributed by atoms with van der Waals surface area (Å²) < 4.78 is 22.4. The summed E-state index contributed by atoms with van der Waals surface area (Å²) in [5.41, 5.74) is 1.06. The van der Waals surface area contributed by atoms with E-state index < -0.39 is 12.1 Å². The first-order chi connectivity index (χ1) is 14.8. The number of hydrogen-bond donors (Lipinski definition) is 0. The molecule has 0 unspecified atom stereocenters. The summed E-state index contributed by atoms with van der Waals surface area (Å²) in [6.45, 7) is 10.00. The van der Waals surface area contributed by atoms with E-state index >= 15 is 0 Å². The Morgan fingerprint density at radius 2 is 1.74 bits per heavy atom. The standard InChI is InChI=1S/C25H28O6/c1-15(2)13-29-25(27)17(5)30-18-10-11-20-22(12-18)28-14-23(24(20)26)31-21-9-7-6-8-19(21)16(3)4/h6-12,14-17H,13H2,1-5H3/t17-/m0/s1. The molecule has 1 aromatic heterocycles. The predicted molar refractivity (Wildman–Crippen MR) is 119 cm³/mol.